The second kappa shape index (κ2) is 4.14. The first kappa shape index (κ1) is 12.7. The minimum Gasteiger partial charge on any atom is -0.331 e. The third-order valence-electron chi connectivity index (χ3n) is 3.32. The van der Waals surface area contributed by atoms with Gasteiger partial charge in [0.25, 0.3) is 0 Å². The van der Waals surface area contributed by atoms with E-state index < -0.39 is 0 Å². The lowest BCUT2D eigenvalue weighted by atomic mass is 9.88. The van der Waals surface area contributed by atoms with Gasteiger partial charge in [-0.25, -0.2) is 0 Å². The Hall–Kier alpha value is -0.800. The maximum atomic E-state index is 5.99. The van der Waals surface area contributed by atoms with E-state index in [4.69, 9.17) is 23.8 Å². The number of fused-ring (bicyclic) bond motifs is 1. The van der Waals surface area contributed by atoms with Gasteiger partial charge in [-0.05, 0) is 42.8 Å². The van der Waals surface area contributed by atoms with Gasteiger partial charge < -0.3 is 9.55 Å². The zero-order chi connectivity index (χ0) is 12.8. The normalized spacial score (nSPS) is 14.2. The minimum absolute atomic E-state index is 0.160. The molecule has 4 heteroatoms. The molecule has 1 heterocycles. The molecule has 0 aliphatic heterocycles. The number of nitrogens with zero attached hydrogens (tertiary/aromatic N) is 1. The number of nitrogens with one attached hydrogen (secondary N) is 1. The number of aromatic amines is 1. The summed E-state index contributed by atoms with van der Waals surface area (Å²) in [7, 11) is 0. The van der Waals surface area contributed by atoms with E-state index in [0.717, 1.165) is 20.8 Å². The Bertz CT molecular complexity index is 604. The van der Waals surface area contributed by atoms with Crippen LogP contribution < -0.4 is 0 Å². The van der Waals surface area contributed by atoms with E-state index in [1.807, 2.05) is 18.2 Å². The quantitative estimate of drug-likeness (QED) is 0.725. The molecule has 17 heavy (non-hydrogen) atoms. The van der Waals surface area contributed by atoms with Gasteiger partial charge in [0.05, 0.1) is 11.0 Å². The standard InChI is InChI=1S/C13H17ClN2S/c1-8(13(2,3)4)16-11-6-5-9(14)7-10(11)15-12(16)17/h5-8H,1-4H3,(H,15,17). The molecule has 1 atom stereocenters. The van der Waals surface area contributed by atoms with Gasteiger partial charge in [-0.3, -0.25) is 0 Å². The molecule has 0 fully saturated rings. The third-order valence-corrected chi connectivity index (χ3v) is 3.85. The molecule has 2 aromatic rings. The maximum Gasteiger partial charge on any atom is 0.178 e. The van der Waals surface area contributed by atoms with Crippen molar-refractivity contribution >= 4 is 34.9 Å². The van der Waals surface area contributed by atoms with Crippen LogP contribution in [0.4, 0.5) is 0 Å². The van der Waals surface area contributed by atoms with Gasteiger partial charge in [0.1, 0.15) is 0 Å². The molecule has 0 bridgehead atoms. The molecule has 2 rings (SSSR count). The number of halogens is 1. The largest absolute Gasteiger partial charge is 0.331 e. The van der Waals surface area contributed by atoms with Crippen LogP contribution in [0.1, 0.15) is 33.7 Å². The van der Waals surface area contributed by atoms with Gasteiger partial charge in [-0.15, -0.1) is 0 Å². The molecule has 0 aliphatic carbocycles. The van der Waals surface area contributed by atoms with Crippen LogP contribution in [0.2, 0.25) is 5.02 Å². The lowest BCUT2D eigenvalue weighted by Crippen LogP contribution is -2.21. The lowest BCUT2D eigenvalue weighted by Gasteiger charge is -2.29. The number of imidazole rings is 1. The molecule has 1 unspecified atom stereocenters. The van der Waals surface area contributed by atoms with Crippen molar-refractivity contribution in [1.29, 1.82) is 0 Å². The summed E-state index contributed by atoms with van der Waals surface area (Å²) < 4.78 is 2.92. The molecular weight excluding hydrogens is 252 g/mol. The number of benzene rings is 1. The first-order valence-electron chi connectivity index (χ1n) is 5.70. The molecule has 92 valence electrons. The van der Waals surface area contributed by atoms with Crippen LogP contribution in [-0.4, -0.2) is 9.55 Å². The highest BCUT2D eigenvalue weighted by atomic mass is 35.5. The Morgan fingerprint density at radius 1 is 1.35 bits per heavy atom. The van der Waals surface area contributed by atoms with Crippen LogP contribution in [0.3, 0.4) is 0 Å². The van der Waals surface area contributed by atoms with E-state index in [-0.39, 0.29) is 5.41 Å². The van der Waals surface area contributed by atoms with E-state index >= 15 is 0 Å². The Morgan fingerprint density at radius 2 is 2.00 bits per heavy atom. The Kier molecular flexibility index (Phi) is 3.08. The summed E-state index contributed by atoms with van der Waals surface area (Å²) in [5.74, 6) is 0. The van der Waals surface area contributed by atoms with Gasteiger partial charge in [0.2, 0.25) is 0 Å². The summed E-state index contributed by atoms with van der Waals surface area (Å²) in [6.07, 6.45) is 0. The molecule has 0 spiro atoms. The number of aromatic nitrogens is 2. The third kappa shape index (κ3) is 2.26. The summed E-state index contributed by atoms with van der Waals surface area (Å²) in [5.41, 5.74) is 2.27. The van der Waals surface area contributed by atoms with Crippen LogP contribution in [0.15, 0.2) is 18.2 Å². The van der Waals surface area contributed by atoms with E-state index in [2.05, 4.69) is 37.2 Å². The van der Waals surface area contributed by atoms with Crippen LogP contribution in [0, 0.1) is 10.2 Å². The van der Waals surface area contributed by atoms with Crippen molar-refractivity contribution in [3.8, 4) is 0 Å². The molecule has 1 N–H and O–H groups in total. The van der Waals surface area contributed by atoms with E-state index in [0.29, 0.717) is 6.04 Å². The van der Waals surface area contributed by atoms with Gasteiger partial charge in [0, 0.05) is 11.1 Å². The fraction of sp³-hybridized carbons (Fsp3) is 0.462. The van der Waals surface area contributed by atoms with Crippen molar-refractivity contribution < 1.29 is 0 Å². The van der Waals surface area contributed by atoms with E-state index in [9.17, 15) is 0 Å². The molecule has 0 saturated carbocycles. The predicted octanol–water partition coefficient (Wildman–Crippen LogP) is 4.96. The smallest absolute Gasteiger partial charge is 0.178 e. The van der Waals surface area contributed by atoms with Crippen molar-refractivity contribution in [2.24, 2.45) is 5.41 Å². The minimum atomic E-state index is 0.160. The molecular formula is C13H17ClN2S. The summed E-state index contributed by atoms with van der Waals surface area (Å²) >= 11 is 11.4. The topological polar surface area (TPSA) is 20.7 Å². The van der Waals surface area contributed by atoms with Crippen LogP contribution in [0.25, 0.3) is 11.0 Å². The number of rotatable bonds is 1. The van der Waals surface area contributed by atoms with Gasteiger partial charge in [-0.1, -0.05) is 32.4 Å². The van der Waals surface area contributed by atoms with Crippen LogP contribution in [0.5, 0.6) is 0 Å². The lowest BCUT2D eigenvalue weighted by molar-refractivity contribution is 0.265. The Morgan fingerprint density at radius 3 is 2.59 bits per heavy atom. The van der Waals surface area contributed by atoms with E-state index in [1.165, 1.54) is 0 Å². The van der Waals surface area contributed by atoms with Crippen molar-refractivity contribution in [2.45, 2.75) is 33.7 Å². The summed E-state index contributed by atoms with van der Waals surface area (Å²) in [4.78, 5) is 3.21. The average Bonchev–Trinajstić information content (AvgIpc) is 2.50. The van der Waals surface area contributed by atoms with Gasteiger partial charge in [-0.2, -0.15) is 0 Å². The fourth-order valence-electron chi connectivity index (χ4n) is 1.88. The van der Waals surface area contributed by atoms with Crippen molar-refractivity contribution in [3.05, 3.63) is 28.0 Å². The molecule has 0 amide bonds. The van der Waals surface area contributed by atoms with Crippen LogP contribution >= 0.6 is 23.8 Å². The first-order valence-corrected chi connectivity index (χ1v) is 6.49. The SMILES string of the molecule is CC(n1c(=S)[nH]c2cc(Cl)ccc21)C(C)(C)C. The van der Waals surface area contributed by atoms with Crippen molar-refractivity contribution in [3.63, 3.8) is 0 Å². The van der Waals surface area contributed by atoms with Gasteiger partial charge >= 0.3 is 0 Å². The number of hydrogen-bond acceptors (Lipinski definition) is 1. The number of hydrogen-bond donors (Lipinski definition) is 1. The zero-order valence-electron chi connectivity index (χ0n) is 10.5. The van der Waals surface area contributed by atoms with E-state index in [1.54, 1.807) is 0 Å². The summed E-state index contributed by atoms with van der Waals surface area (Å²) in [6.45, 7) is 8.84. The average molecular weight is 269 g/mol. The Labute approximate surface area is 112 Å². The molecule has 2 nitrogen and oxygen atoms in total. The van der Waals surface area contributed by atoms with Crippen LogP contribution in [-0.2, 0) is 0 Å². The molecule has 0 aliphatic rings. The highest BCUT2D eigenvalue weighted by Crippen LogP contribution is 2.33. The Balaban J connectivity index is 2.70. The molecule has 0 saturated heterocycles. The summed E-state index contributed by atoms with van der Waals surface area (Å²) in [6, 6.07) is 6.16. The summed E-state index contributed by atoms with van der Waals surface area (Å²) in [5, 5.41) is 0.726. The predicted molar refractivity (Wildman–Crippen MR) is 76.3 cm³/mol. The van der Waals surface area contributed by atoms with Gasteiger partial charge in [0.15, 0.2) is 4.77 Å². The van der Waals surface area contributed by atoms with Crippen molar-refractivity contribution in [1.82, 2.24) is 9.55 Å². The highest BCUT2D eigenvalue weighted by Gasteiger charge is 2.23. The second-order valence-corrected chi connectivity index (χ2v) is 6.33. The van der Waals surface area contributed by atoms with Crippen molar-refractivity contribution in [2.75, 3.05) is 0 Å². The second-order valence-electron chi connectivity index (χ2n) is 5.50. The molecule has 0 radical (unpaired) electrons. The molecule has 1 aromatic carbocycles. The maximum absolute atomic E-state index is 5.99. The first-order chi connectivity index (χ1) is 7.80. The fourth-order valence-corrected chi connectivity index (χ4v) is 2.41. The highest BCUT2D eigenvalue weighted by molar-refractivity contribution is 7.71. The number of H-pyrrole nitrogens is 1. The molecule has 1 aromatic heterocycles. The monoisotopic (exact) mass is 268 g/mol. The zero-order valence-corrected chi connectivity index (χ0v) is 12.1.